The molecule has 100 valence electrons. The lowest BCUT2D eigenvalue weighted by Crippen LogP contribution is -2.51. The molecular weight excluding hydrogens is 250 g/mol. The van der Waals surface area contributed by atoms with Crippen molar-refractivity contribution in [1.82, 2.24) is 10.6 Å². The van der Waals surface area contributed by atoms with E-state index in [0.717, 1.165) is 10.4 Å². The third-order valence-electron chi connectivity index (χ3n) is 2.64. The first-order chi connectivity index (χ1) is 8.41. The normalized spacial score (nSPS) is 12.2. The van der Waals surface area contributed by atoms with Gasteiger partial charge in [0.2, 0.25) is 5.91 Å². The van der Waals surface area contributed by atoms with Crippen molar-refractivity contribution in [2.45, 2.75) is 33.4 Å². The molecule has 0 aliphatic carbocycles. The highest BCUT2D eigenvalue weighted by Gasteiger charge is 2.23. The highest BCUT2D eigenvalue weighted by Crippen LogP contribution is 2.15. The van der Waals surface area contributed by atoms with Crippen molar-refractivity contribution in [3.8, 4) is 0 Å². The van der Waals surface area contributed by atoms with Gasteiger partial charge in [-0.2, -0.15) is 0 Å². The number of hydrogen-bond donors (Lipinski definition) is 3. The molecule has 0 aliphatic rings. The number of amides is 3. The monoisotopic (exact) mass is 269 g/mol. The van der Waals surface area contributed by atoms with E-state index in [2.05, 4.69) is 10.6 Å². The minimum atomic E-state index is -0.684. The van der Waals surface area contributed by atoms with Crippen molar-refractivity contribution in [1.29, 1.82) is 0 Å². The number of carbonyl (C=O) groups excluding carboxylic acids is 2. The van der Waals surface area contributed by atoms with E-state index in [1.807, 2.05) is 32.2 Å². The summed E-state index contributed by atoms with van der Waals surface area (Å²) >= 11 is 1.60. The van der Waals surface area contributed by atoms with Gasteiger partial charge in [0.05, 0.1) is 6.54 Å². The first-order valence-electron chi connectivity index (χ1n) is 5.78. The van der Waals surface area contributed by atoms with E-state index in [9.17, 15) is 9.59 Å². The van der Waals surface area contributed by atoms with Crippen molar-refractivity contribution in [3.63, 3.8) is 0 Å². The summed E-state index contributed by atoms with van der Waals surface area (Å²) in [4.78, 5) is 23.9. The van der Waals surface area contributed by atoms with Crippen LogP contribution in [0.4, 0.5) is 4.79 Å². The summed E-state index contributed by atoms with van der Waals surface area (Å²) in [6.07, 6.45) is 0. The topological polar surface area (TPSA) is 84.2 Å². The van der Waals surface area contributed by atoms with Crippen LogP contribution in [0.25, 0.3) is 0 Å². The van der Waals surface area contributed by atoms with Gasteiger partial charge in [0.15, 0.2) is 0 Å². The van der Waals surface area contributed by atoms with Gasteiger partial charge in [-0.05, 0) is 29.9 Å². The number of rotatable bonds is 5. The number of nitrogens with one attached hydrogen (secondary N) is 2. The maximum Gasteiger partial charge on any atom is 0.312 e. The molecule has 0 aliphatic heterocycles. The number of thiophene rings is 1. The van der Waals surface area contributed by atoms with Crippen LogP contribution in [-0.2, 0) is 11.3 Å². The van der Waals surface area contributed by atoms with Gasteiger partial charge < -0.3 is 16.4 Å². The summed E-state index contributed by atoms with van der Waals surface area (Å²) in [6.45, 7) is 6.19. The quantitative estimate of drug-likeness (QED) is 0.754. The van der Waals surface area contributed by atoms with Gasteiger partial charge in [0.1, 0.15) is 6.04 Å². The van der Waals surface area contributed by atoms with Crippen molar-refractivity contribution in [3.05, 3.63) is 21.9 Å². The molecule has 0 spiro atoms. The van der Waals surface area contributed by atoms with Gasteiger partial charge in [-0.1, -0.05) is 13.8 Å². The summed E-state index contributed by atoms with van der Waals surface area (Å²) < 4.78 is 0. The van der Waals surface area contributed by atoms with Crippen molar-refractivity contribution < 1.29 is 9.59 Å². The van der Waals surface area contributed by atoms with E-state index in [-0.39, 0.29) is 11.8 Å². The first kappa shape index (κ1) is 14.5. The Hall–Kier alpha value is -1.56. The summed E-state index contributed by atoms with van der Waals surface area (Å²) in [6, 6.07) is 0.729. The van der Waals surface area contributed by atoms with Crippen LogP contribution in [0, 0.1) is 12.8 Å². The fraction of sp³-hybridized carbons (Fsp3) is 0.500. The molecule has 1 rings (SSSR count). The zero-order valence-electron chi connectivity index (χ0n) is 10.8. The second-order valence-electron chi connectivity index (χ2n) is 4.47. The van der Waals surface area contributed by atoms with Crippen molar-refractivity contribution >= 4 is 23.3 Å². The Morgan fingerprint density at radius 1 is 1.44 bits per heavy atom. The highest BCUT2D eigenvalue weighted by atomic mass is 32.1. The van der Waals surface area contributed by atoms with Crippen LogP contribution in [0.2, 0.25) is 0 Å². The molecule has 0 saturated heterocycles. The maximum absolute atomic E-state index is 11.9. The largest absolute Gasteiger partial charge is 0.352 e. The number of urea groups is 1. The Kier molecular flexibility index (Phi) is 5.15. The number of primary amides is 1. The predicted octanol–water partition coefficient (Wildman–Crippen LogP) is 1.37. The summed E-state index contributed by atoms with van der Waals surface area (Å²) in [5, 5.41) is 7.25. The Labute approximate surface area is 111 Å². The van der Waals surface area contributed by atoms with E-state index in [0.29, 0.717) is 6.54 Å². The molecule has 1 aromatic rings. The molecule has 3 amide bonds. The van der Waals surface area contributed by atoms with Crippen molar-refractivity contribution in [2.75, 3.05) is 0 Å². The summed E-state index contributed by atoms with van der Waals surface area (Å²) in [5.41, 5.74) is 6.21. The average Bonchev–Trinajstić information content (AvgIpc) is 2.68. The molecule has 0 saturated carbocycles. The third kappa shape index (κ3) is 4.03. The maximum atomic E-state index is 11.9. The lowest BCUT2D eigenvalue weighted by Gasteiger charge is -2.20. The highest BCUT2D eigenvalue weighted by molar-refractivity contribution is 7.10. The molecule has 0 bridgehead atoms. The Bertz CT molecular complexity index is 429. The molecule has 0 aromatic carbocycles. The van der Waals surface area contributed by atoms with Crippen LogP contribution in [0.3, 0.4) is 0 Å². The number of aryl methyl sites for hydroxylation is 1. The SMILES string of the molecule is Cc1ccsc1CNC(=O)[C@@H](NC(N)=O)C(C)C. The van der Waals surface area contributed by atoms with Crippen molar-refractivity contribution in [2.24, 2.45) is 11.7 Å². The van der Waals surface area contributed by atoms with Gasteiger partial charge in [-0.25, -0.2) is 4.79 Å². The van der Waals surface area contributed by atoms with Gasteiger partial charge in [-0.3, -0.25) is 4.79 Å². The van der Waals surface area contributed by atoms with Crippen LogP contribution >= 0.6 is 11.3 Å². The molecule has 5 nitrogen and oxygen atoms in total. The van der Waals surface area contributed by atoms with Crippen LogP contribution in [0.15, 0.2) is 11.4 Å². The third-order valence-corrected chi connectivity index (χ3v) is 3.66. The van der Waals surface area contributed by atoms with Gasteiger partial charge in [0.25, 0.3) is 0 Å². The Morgan fingerprint density at radius 2 is 2.11 bits per heavy atom. The van der Waals surface area contributed by atoms with E-state index in [1.54, 1.807) is 11.3 Å². The fourth-order valence-electron chi connectivity index (χ4n) is 1.55. The molecule has 1 aromatic heterocycles. The Balaban J connectivity index is 2.57. The van der Waals surface area contributed by atoms with E-state index < -0.39 is 12.1 Å². The number of hydrogen-bond acceptors (Lipinski definition) is 3. The average molecular weight is 269 g/mol. The molecule has 1 heterocycles. The van der Waals surface area contributed by atoms with Crippen LogP contribution in [0.1, 0.15) is 24.3 Å². The van der Waals surface area contributed by atoms with Gasteiger partial charge in [-0.15, -0.1) is 11.3 Å². The molecule has 1 atom stereocenters. The molecular formula is C12H19N3O2S. The van der Waals surface area contributed by atoms with E-state index >= 15 is 0 Å². The zero-order valence-corrected chi connectivity index (χ0v) is 11.6. The van der Waals surface area contributed by atoms with Gasteiger partial charge >= 0.3 is 6.03 Å². The first-order valence-corrected chi connectivity index (χ1v) is 6.66. The minimum Gasteiger partial charge on any atom is -0.352 e. The van der Waals surface area contributed by atoms with Crippen LogP contribution in [-0.4, -0.2) is 18.0 Å². The second-order valence-corrected chi connectivity index (χ2v) is 5.48. The van der Waals surface area contributed by atoms with E-state index in [4.69, 9.17) is 5.73 Å². The Morgan fingerprint density at radius 3 is 2.56 bits per heavy atom. The standard InChI is InChI=1S/C12H19N3O2S/c1-7(2)10(15-12(13)17)11(16)14-6-9-8(3)4-5-18-9/h4-5,7,10H,6H2,1-3H3,(H,14,16)(H3,13,15,17)/t10-/m0/s1. The lowest BCUT2D eigenvalue weighted by atomic mass is 10.0. The summed E-state index contributed by atoms with van der Waals surface area (Å²) in [7, 11) is 0. The number of nitrogens with two attached hydrogens (primary N) is 1. The smallest absolute Gasteiger partial charge is 0.312 e. The second kappa shape index (κ2) is 6.39. The number of carbonyl (C=O) groups is 2. The summed E-state index contributed by atoms with van der Waals surface area (Å²) in [5.74, 6) is -0.224. The fourth-order valence-corrected chi connectivity index (χ4v) is 2.40. The lowest BCUT2D eigenvalue weighted by molar-refractivity contribution is -0.124. The van der Waals surface area contributed by atoms with Crippen LogP contribution in [0.5, 0.6) is 0 Å². The molecule has 0 fully saturated rings. The zero-order chi connectivity index (χ0) is 13.7. The predicted molar refractivity (Wildman–Crippen MR) is 72.2 cm³/mol. The molecule has 18 heavy (non-hydrogen) atoms. The molecule has 6 heteroatoms. The minimum absolute atomic E-state index is 0.0121. The van der Waals surface area contributed by atoms with E-state index in [1.165, 1.54) is 0 Å². The van der Waals surface area contributed by atoms with Gasteiger partial charge in [0, 0.05) is 4.88 Å². The van der Waals surface area contributed by atoms with Crippen LogP contribution < -0.4 is 16.4 Å². The molecule has 0 unspecified atom stereocenters. The molecule has 0 radical (unpaired) electrons. The molecule has 4 N–H and O–H groups in total.